The Morgan fingerprint density at radius 2 is 1.79 bits per heavy atom. The van der Waals surface area contributed by atoms with E-state index in [0.29, 0.717) is 17.7 Å². The van der Waals surface area contributed by atoms with Crippen molar-refractivity contribution >= 4 is 22.8 Å². The lowest BCUT2D eigenvalue weighted by atomic mass is 10.0. The fourth-order valence-corrected chi connectivity index (χ4v) is 2.97. The summed E-state index contributed by atoms with van der Waals surface area (Å²) < 4.78 is 15.9. The van der Waals surface area contributed by atoms with Crippen molar-refractivity contribution in [3.8, 4) is 0 Å². The van der Waals surface area contributed by atoms with Crippen LogP contribution in [0.3, 0.4) is 0 Å². The average molecular weight is 381 g/mol. The van der Waals surface area contributed by atoms with Gasteiger partial charge >= 0.3 is 5.97 Å². The molecule has 2 aromatic carbocycles. The predicted octanol–water partition coefficient (Wildman–Crippen LogP) is 3.66. The minimum Gasteiger partial charge on any atom is -0.450 e. The van der Waals surface area contributed by atoms with Crippen LogP contribution in [0.15, 0.2) is 59.0 Å². The van der Waals surface area contributed by atoms with Gasteiger partial charge in [0.2, 0.25) is 5.76 Å². The van der Waals surface area contributed by atoms with Crippen LogP contribution in [0.25, 0.3) is 11.0 Å². The molecule has 1 aromatic heterocycles. The summed E-state index contributed by atoms with van der Waals surface area (Å²) in [4.78, 5) is 24.5. The number of fused-ring (bicyclic) bond motifs is 1. The van der Waals surface area contributed by atoms with E-state index in [4.69, 9.17) is 13.9 Å². The largest absolute Gasteiger partial charge is 0.450 e. The fraction of sp³-hybridized carbons (Fsp3) is 0.273. The Morgan fingerprint density at radius 3 is 2.54 bits per heavy atom. The van der Waals surface area contributed by atoms with Gasteiger partial charge in [-0.25, -0.2) is 4.79 Å². The molecule has 1 N–H and O–H groups in total. The summed E-state index contributed by atoms with van der Waals surface area (Å²) in [6.45, 7) is 2.32. The van der Waals surface area contributed by atoms with Crippen LogP contribution in [0.2, 0.25) is 0 Å². The van der Waals surface area contributed by atoms with Crippen molar-refractivity contribution in [1.82, 2.24) is 5.32 Å². The average Bonchev–Trinajstić information content (AvgIpc) is 3.10. The molecule has 0 bridgehead atoms. The van der Waals surface area contributed by atoms with Gasteiger partial charge in [0, 0.05) is 24.6 Å². The number of nitrogens with one attached hydrogen (secondary N) is 1. The van der Waals surface area contributed by atoms with Crippen LogP contribution in [0, 0.1) is 0 Å². The molecule has 1 heterocycles. The van der Waals surface area contributed by atoms with Crippen LogP contribution < -0.4 is 5.32 Å². The van der Waals surface area contributed by atoms with E-state index in [-0.39, 0.29) is 30.8 Å². The van der Waals surface area contributed by atoms with Gasteiger partial charge in [-0.2, -0.15) is 0 Å². The van der Waals surface area contributed by atoms with Crippen LogP contribution in [-0.2, 0) is 20.9 Å². The van der Waals surface area contributed by atoms with Crippen molar-refractivity contribution in [2.24, 2.45) is 0 Å². The van der Waals surface area contributed by atoms with E-state index in [1.807, 2.05) is 55.5 Å². The molecule has 1 atom stereocenters. The summed E-state index contributed by atoms with van der Waals surface area (Å²) >= 11 is 0. The molecule has 0 spiro atoms. The summed E-state index contributed by atoms with van der Waals surface area (Å²) in [7, 11) is 1.54. The molecule has 0 unspecified atom stereocenters. The van der Waals surface area contributed by atoms with Crippen LogP contribution in [0.1, 0.15) is 34.5 Å². The van der Waals surface area contributed by atoms with Gasteiger partial charge in [-0.1, -0.05) is 55.5 Å². The molecule has 0 aliphatic rings. The van der Waals surface area contributed by atoms with Gasteiger partial charge in [0.05, 0.1) is 6.61 Å². The summed E-state index contributed by atoms with van der Waals surface area (Å²) in [6.07, 6.45) is 0. The maximum absolute atomic E-state index is 12.4. The number of para-hydroxylation sites is 1. The molecular weight excluding hydrogens is 358 g/mol. The third kappa shape index (κ3) is 4.58. The molecule has 3 rings (SSSR count). The molecule has 28 heavy (non-hydrogen) atoms. The van der Waals surface area contributed by atoms with Crippen LogP contribution in [0.4, 0.5) is 0 Å². The van der Waals surface area contributed by atoms with Crippen molar-refractivity contribution in [2.45, 2.75) is 19.4 Å². The number of benzene rings is 2. The van der Waals surface area contributed by atoms with E-state index < -0.39 is 5.97 Å². The molecule has 0 radical (unpaired) electrons. The van der Waals surface area contributed by atoms with Crippen LogP contribution in [0.5, 0.6) is 0 Å². The topological polar surface area (TPSA) is 77.8 Å². The van der Waals surface area contributed by atoms with Gasteiger partial charge in [-0.15, -0.1) is 0 Å². The van der Waals surface area contributed by atoms with E-state index in [1.54, 1.807) is 6.07 Å². The first-order chi connectivity index (χ1) is 13.6. The lowest BCUT2D eigenvalue weighted by Crippen LogP contribution is -2.31. The molecule has 0 aliphatic carbocycles. The zero-order valence-corrected chi connectivity index (χ0v) is 15.9. The highest BCUT2D eigenvalue weighted by atomic mass is 16.5. The molecule has 0 fully saturated rings. The lowest BCUT2D eigenvalue weighted by Gasteiger charge is -2.13. The van der Waals surface area contributed by atoms with E-state index >= 15 is 0 Å². The molecule has 0 saturated heterocycles. The monoisotopic (exact) mass is 381 g/mol. The number of furan rings is 1. The zero-order valence-electron chi connectivity index (χ0n) is 15.9. The van der Waals surface area contributed by atoms with Crippen molar-refractivity contribution in [3.63, 3.8) is 0 Å². The van der Waals surface area contributed by atoms with Gasteiger partial charge in [-0.05, 0) is 17.5 Å². The number of amides is 1. The van der Waals surface area contributed by atoms with Crippen molar-refractivity contribution in [2.75, 3.05) is 20.3 Å². The Balaban J connectivity index is 1.57. The minimum atomic E-state index is -0.686. The van der Waals surface area contributed by atoms with Crippen molar-refractivity contribution < 1.29 is 23.5 Å². The number of ether oxygens (including phenoxy) is 2. The fourth-order valence-electron chi connectivity index (χ4n) is 2.97. The normalized spacial score (nSPS) is 11.9. The van der Waals surface area contributed by atoms with E-state index in [1.165, 1.54) is 7.11 Å². The Bertz CT molecular complexity index is 948. The molecule has 0 saturated carbocycles. The van der Waals surface area contributed by atoms with Crippen molar-refractivity contribution in [1.29, 1.82) is 0 Å². The van der Waals surface area contributed by atoms with Crippen LogP contribution in [-0.4, -0.2) is 32.1 Å². The Hall–Kier alpha value is -3.12. The third-order valence-electron chi connectivity index (χ3n) is 4.48. The van der Waals surface area contributed by atoms with E-state index in [2.05, 4.69) is 5.32 Å². The number of carbonyl (C=O) groups is 2. The second-order valence-electron chi connectivity index (χ2n) is 6.53. The third-order valence-corrected chi connectivity index (χ3v) is 4.48. The molecular formula is C22H23NO5. The number of rotatable bonds is 8. The van der Waals surface area contributed by atoms with Crippen molar-refractivity contribution in [3.05, 3.63) is 71.5 Å². The Kier molecular flexibility index (Phi) is 6.45. The van der Waals surface area contributed by atoms with Crippen LogP contribution >= 0.6 is 0 Å². The number of hydrogen-bond acceptors (Lipinski definition) is 5. The first-order valence-electron chi connectivity index (χ1n) is 9.08. The molecule has 6 nitrogen and oxygen atoms in total. The van der Waals surface area contributed by atoms with Gasteiger partial charge < -0.3 is 19.2 Å². The van der Waals surface area contributed by atoms with Gasteiger partial charge in [0.25, 0.3) is 5.91 Å². The highest BCUT2D eigenvalue weighted by Gasteiger charge is 2.22. The molecule has 6 heteroatoms. The first kappa shape index (κ1) is 19.6. The maximum atomic E-state index is 12.4. The number of esters is 1. The molecule has 3 aromatic rings. The van der Waals surface area contributed by atoms with E-state index in [0.717, 1.165) is 10.9 Å². The predicted molar refractivity (Wildman–Crippen MR) is 105 cm³/mol. The SMILES string of the molecule is COCc1c(C(=O)OCC(=O)NC[C@H](C)c2ccccc2)oc2ccccc12. The quantitative estimate of drug-likeness (QED) is 0.603. The van der Waals surface area contributed by atoms with E-state index in [9.17, 15) is 9.59 Å². The zero-order chi connectivity index (χ0) is 19.9. The van der Waals surface area contributed by atoms with Gasteiger partial charge in [0.15, 0.2) is 6.61 Å². The smallest absolute Gasteiger partial charge is 0.375 e. The van der Waals surface area contributed by atoms with Gasteiger partial charge in [-0.3, -0.25) is 4.79 Å². The molecule has 0 aliphatic heterocycles. The first-order valence-corrected chi connectivity index (χ1v) is 9.08. The standard InChI is InChI=1S/C22H23NO5/c1-15(16-8-4-3-5-9-16)12-23-20(24)14-27-22(25)21-18(13-26-2)17-10-6-7-11-19(17)28-21/h3-11,15H,12-14H2,1-2H3,(H,23,24)/t15-/m0/s1. The number of hydrogen-bond donors (Lipinski definition) is 1. The maximum Gasteiger partial charge on any atom is 0.375 e. The minimum absolute atomic E-state index is 0.0634. The van der Waals surface area contributed by atoms with Gasteiger partial charge in [0.1, 0.15) is 5.58 Å². The lowest BCUT2D eigenvalue weighted by molar-refractivity contribution is -0.124. The summed E-state index contributed by atoms with van der Waals surface area (Å²) in [5, 5.41) is 3.57. The Morgan fingerprint density at radius 1 is 1.07 bits per heavy atom. The Labute approximate surface area is 163 Å². The highest BCUT2D eigenvalue weighted by molar-refractivity contribution is 5.96. The second kappa shape index (κ2) is 9.19. The highest BCUT2D eigenvalue weighted by Crippen LogP contribution is 2.27. The second-order valence-corrected chi connectivity index (χ2v) is 6.53. The summed E-state index contributed by atoms with van der Waals surface area (Å²) in [5.41, 5.74) is 2.31. The number of carbonyl (C=O) groups excluding carboxylic acids is 2. The molecule has 1 amide bonds. The number of methoxy groups -OCH3 is 1. The summed E-state index contributed by atoms with van der Waals surface area (Å²) in [6, 6.07) is 17.2. The molecule has 146 valence electrons. The summed E-state index contributed by atoms with van der Waals surface area (Å²) in [5.74, 6) is -0.826.